The molecule has 2 N–H and O–H groups in total. The van der Waals surface area contributed by atoms with E-state index in [-0.39, 0.29) is 0 Å². The Morgan fingerprint density at radius 2 is 1.57 bits per heavy atom. The van der Waals surface area contributed by atoms with Crippen LogP contribution in [0.1, 0.15) is 22.5 Å². The van der Waals surface area contributed by atoms with Gasteiger partial charge in [0.2, 0.25) is 0 Å². The van der Waals surface area contributed by atoms with Crippen LogP contribution in [0.2, 0.25) is 0 Å². The summed E-state index contributed by atoms with van der Waals surface area (Å²) in [6.07, 6.45) is 5.66. The second kappa shape index (κ2) is 10.9. The SMILES string of the molecule is O=C(/C=C/c1ccco1)Oc1cccc(/C=N\NC(=O)C(O)(c2ccccc2)c2ccccc2)c1. The summed E-state index contributed by atoms with van der Waals surface area (Å²) in [6, 6.07) is 27.4. The standard InChI is InChI=1S/C28H22N2O5/c31-26(17-16-24-15-8-18-34-24)35-25-14-7-9-21(19-25)20-29-30-27(32)28(33,22-10-3-1-4-11-22)23-12-5-2-6-13-23/h1-20,33H,(H,30,32)/b17-16+,29-20-. The molecule has 0 fully saturated rings. The Morgan fingerprint density at radius 3 is 2.20 bits per heavy atom. The number of benzene rings is 3. The van der Waals surface area contributed by atoms with Crippen LogP contribution in [-0.2, 0) is 15.2 Å². The maximum atomic E-state index is 13.1. The minimum absolute atomic E-state index is 0.305. The van der Waals surface area contributed by atoms with Gasteiger partial charge in [0.1, 0.15) is 11.5 Å². The average Bonchev–Trinajstić information content (AvgIpc) is 3.42. The maximum Gasteiger partial charge on any atom is 0.336 e. The van der Waals surface area contributed by atoms with Crippen LogP contribution in [-0.4, -0.2) is 23.2 Å². The van der Waals surface area contributed by atoms with Crippen LogP contribution in [0.4, 0.5) is 0 Å². The molecule has 7 heteroatoms. The third-order valence-corrected chi connectivity index (χ3v) is 5.09. The van der Waals surface area contributed by atoms with Gasteiger partial charge < -0.3 is 14.3 Å². The highest BCUT2D eigenvalue weighted by Gasteiger charge is 2.39. The number of rotatable bonds is 8. The Balaban J connectivity index is 1.45. The van der Waals surface area contributed by atoms with Crippen molar-refractivity contribution in [1.29, 1.82) is 0 Å². The Bertz CT molecular complexity index is 1290. The van der Waals surface area contributed by atoms with Crippen LogP contribution < -0.4 is 10.2 Å². The molecule has 35 heavy (non-hydrogen) atoms. The molecule has 7 nitrogen and oxygen atoms in total. The molecule has 0 saturated heterocycles. The van der Waals surface area contributed by atoms with E-state index in [1.807, 2.05) is 0 Å². The van der Waals surface area contributed by atoms with Gasteiger partial charge in [-0.05, 0) is 47.0 Å². The highest BCUT2D eigenvalue weighted by molar-refractivity contribution is 5.91. The van der Waals surface area contributed by atoms with Crippen molar-refractivity contribution < 1.29 is 23.8 Å². The van der Waals surface area contributed by atoms with Crippen molar-refractivity contribution >= 4 is 24.2 Å². The maximum absolute atomic E-state index is 13.1. The fourth-order valence-corrected chi connectivity index (χ4v) is 3.38. The third-order valence-electron chi connectivity index (χ3n) is 5.09. The Hall–Kier alpha value is -4.75. The first kappa shape index (κ1) is 23.4. The van der Waals surface area contributed by atoms with E-state index in [4.69, 9.17) is 9.15 Å². The van der Waals surface area contributed by atoms with Gasteiger partial charge in [-0.1, -0.05) is 72.8 Å². The molecule has 0 bridgehead atoms. The van der Waals surface area contributed by atoms with E-state index < -0.39 is 17.5 Å². The van der Waals surface area contributed by atoms with Crippen LogP contribution in [0.25, 0.3) is 6.08 Å². The molecule has 0 spiro atoms. The van der Waals surface area contributed by atoms with Crippen LogP contribution in [0, 0.1) is 0 Å². The summed E-state index contributed by atoms with van der Waals surface area (Å²) < 4.78 is 10.4. The number of nitrogens with one attached hydrogen (secondary N) is 1. The van der Waals surface area contributed by atoms with Crippen LogP contribution in [0.5, 0.6) is 5.75 Å². The Morgan fingerprint density at radius 1 is 0.886 bits per heavy atom. The lowest BCUT2D eigenvalue weighted by Crippen LogP contribution is -2.43. The molecule has 0 aliphatic carbocycles. The number of carbonyl (C=O) groups excluding carboxylic acids is 2. The summed E-state index contributed by atoms with van der Waals surface area (Å²) in [7, 11) is 0. The number of hydrazone groups is 1. The van der Waals surface area contributed by atoms with Crippen LogP contribution in [0.3, 0.4) is 0 Å². The van der Waals surface area contributed by atoms with E-state index in [9.17, 15) is 14.7 Å². The monoisotopic (exact) mass is 466 g/mol. The smallest absolute Gasteiger partial charge is 0.336 e. The first-order valence-electron chi connectivity index (χ1n) is 10.8. The van der Waals surface area contributed by atoms with E-state index in [1.165, 1.54) is 24.6 Å². The average molecular weight is 466 g/mol. The zero-order valence-electron chi connectivity index (χ0n) is 18.6. The first-order valence-corrected chi connectivity index (χ1v) is 10.8. The highest BCUT2D eigenvalue weighted by atomic mass is 16.5. The van der Waals surface area contributed by atoms with Crippen LogP contribution in [0.15, 0.2) is 119 Å². The van der Waals surface area contributed by atoms with Crippen LogP contribution >= 0.6 is 0 Å². The van der Waals surface area contributed by atoms with E-state index in [2.05, 4.69) is 10.5 Å². The van der Waals surface area contributed by atoms with Gasteiger partial charge in [-0.25, -0.2) is 10.2 Å². The quantitative estimate of drug-likeness (QED) is 0.133. The molecule has 0 radical (unpaired) electrons. The summed E-state index contributed by atoms with van der Waals surface area (Å²) in [6.45, 7) is 0. The fraction of sp³-hybridized carbons (Fsp3) is 0.0357. The van der Waals surface area contributed by atoms with Crippen molar-refractivity contribution in [2.24, 2.45) is 5.10 Å². The number of amides is 1. The molecule has 0 unspecified atom stereocenters. The summed E-state index contributed by atoms with van der Waals surface area (Å²) in [5, 5.41) is 15.4. The summed E-state index contributed by atoms with van der Waals surface area (Å²) in [5.41, 5.74) is 1.89. The van der Waals surface area contributed by atoms with Crippen molar-refractivity contribution in [2.75, 3.05) is 0 Å². The fourth-order valence-electron chi connectivity index (χ4n) is 3.38. The molecular formula is C28H22N2O5. The number of nitrogens with zero attached hydrogens (tertiary/aromatic N) is 1. The minimum atomic E-state index is -1.93. The Kier molecular flexibility index (Phi) is 7.30. The van der Waals surface area contributed by atoms with Gasteiger partial charge in [-0.3, -0.25) is 4.79 Å². The largest absolute Gasteiger partial charge is 0.465 e. The number of furan rings is 1. The third kappa shape index (κ3) is 5.79. The second-order valence-corrected chi connectivity index (χ2v) is 7.48. The number of aliphatic hydroxyl groups is 1. The number of ether oxygens (including phenoxy) is 1. The summed E-state index contributed by atoms with van der Waals surface area (Å²) >= 11 is 0. The molecule has 3 aromatic carbocycles. The van der Waals surface area contributed by atoms with Gasteiger partial charge in [0.15, 0.2) is 5.60 Å². The van der Waals surface area contributed by atoms with E-state index in [0.717, 1.165) is 0 Å². The molecule has 4 rings (SSSR count). The summed E-state index contributed by atoms with van der Waals surface area (Å²) in [4.78, 5) is 25.1. The zero-order chi connectivity index (χ0) is 24.5. The Labute approximate surface area is 202 Å². The molecule has 4 aromatic rings. The predicted octanol–water partition coefficient (Wildman–Crippen LogP) is 4.28. The van der Waals surface area contributed by atoms with Gasteiger partial charge in [-0.15, -0.1) is 0 Å². The molecule has 174 valence electrons. The van der Waals surface area contributed by atoms with E-state index >= 15 is 0 Å². The second-order valence-electron chi connectivity index (χ2n) is 7.48. The molecule has 1 heterocycles. The van der Waals surface area contributed by atoms with Gasteiger partial charge in [-0.2, -0.15) is 5.10 Å². The van der Waals surface area contributed by atoms with Crippen molar-refractivity contribution in [3.05, 3.63) is 132 Å². The molecule has 0 atom stereocenters. The first-order chi connectivity index (χ1) is 17.1. The highest BCUT2D eigenvalue weighted by Crippen LogP contribution is 2.29. The van der Waals surface area contributed by atoms with Crippen molar-refractivity contribution in [2.45, 2.75) is 5.60 Å². The molecule has 1 amide bonds. The van der Waals surface area contributed by atoms with Crippen molar-refractivity contribution in [3.63, 3.8) is 0 Å². The van der Waals surface area contributed by atoms with Gasteiger partial charge in [0.25, 0.3) is 5.91 Å². The molecule has 0 aliphatic rings. The molecule has 1 aromatic heterocycles. The lowest BCUT2D eigenvalue weighted by Gasteiger charge is -2.27. The normalized spacial score (nSPS) is 11.6. The van der Waals surface area contributed by atoms with E-state index in [1.54, 1.807) is 97.1 Å². The lowest BCUT2D eigenvalue weighted by atomic mass is 9.85. The number of hydrogen-bond donors (Lipinski definition) is 2. The number of carbonyl (C=O) groups is 2. The lowest BCUT2D eigenvalue weighted by molar-refractivity contribution is -0.136. The van der Waals surface area contributed by atoms with Gasteiger partial charge in [0.05, 0.1) is 12.5 Å². The summed E-state index contributed by atoms with van der Waals surface area (Å²) in [5.74, 6) is -0.444. The molecule has 0 aliphatic heterocycles. The van der Waals surface area contributed by atoms with Gasteiger partial charge >= 0.3 is 5.97 Å². The zero-order valence-corrected chi connectivity index (χ0v) is 18.6. The molecule has 0 saturated carbocycles. The minimum Gasteiger partial charge on any atom is -0.465 e. The topological polar surface area (TPSA) is 101 Å². The molecular weight excluding hydrogens is 444 g/mol. The van der Waals surface area contributed by atoms with E-state index in [0.29, 0.717) is 28.2 Å². The number of hydrogen-bond acceptors (Lipinski definition) is 6. The van der Waals surface area contributed by atoms with Gasteiger partial charge in [0, 0.05) is 6.08 Å². The number of esters is 1. The van der Waals surface area contributed by atoms with Crippen molar-refractivity contribution in [1.82, 2.24) is 5.43 Å². The predicted molar refractivity (Wildman–Crippen MR) is 131 cm³/mol. The van der Waals surface area contributed by atoms with Crippen molar-refractivity contribution in [3.8, 4) is 5.75 Å².